The number of carbonyl (C=O) groups is 1. The normalized spacial score (nSPS) is 16.1. The fourth-order valence-electron chi connectivity index (χ4n) is 4.15. The number of benzene rings is 2. The Morgan fingerprint density at radius 1 is 1.17 bits per heavy atom. The number of carboxylic acid groups (broad SMARTS) is 1. The van der Waals surface area contributed by atoms with Crippen LogP contribution in [0.3, 0.4) is 0 Å². The van der Waals surface area contributed by atoms with Crippen molar-refractivity contribution >= 4 is 11.7 Å². The van der Waals surface area contributed by atoms with E-state index in [1.165, 1.54) is 43.0 Å². The summed E-state index contributed by atoms with van der Waals surface area (Å²) in [5.74, 6) is -1.40. The fourth-order valence-corrected chi connectivity index (χ4v) is 4.15. The zero-order valence-corrected chi connectivity index (χ0v) is 18.7. The standard InChI is InChI=1S/C23H20F3N3O6/c1-11-14(5-4-6-16(11)23(24,25)26)12(2)29-19(30)15(20(31)32)10-28(21(29)33)13-7-8-17-18(9-13)35-22(34)27(17)3/h4-10,12,22,34H,1-3H3,(H,31,32). The van der Waals surface area contributed by atoms with Gasteiger partial charge in [0.2, 0.25) is 0 Å². The SMILES string of the molecule is Cc1c(C(C)n2c(=O)c(C(=O)O)cn(-c3ccc4c(c3)OC(O)N4C)c2=O)cccc1C(F)(F)F. The Bertz CT molecular complexity index is 1460. The van der Waals surface area contributed by atoms with Crippen molar-refractivity contribution in [2.75, 3.05) is 11.9 Å². The van der Waals surface area contributed by atoms with E-state index >= 15 is 0 Å². The summed E-state index contributed by atoms with van der Waals surface area (Å²) in [6.45, 7) is 2.57. The molecule has 1 aromatic heterocycles. The van der Waals surface area contributed by atoms with Gasteiger partial charge in [0.25, 0.3) is 12.0 Å². The number of aliphatic hydroxyl groups excluding tert-OH is 1. The molecule has 0 bridgehead atoms. The first-order valence-corrected chi connectivity index (χ1v) is 10.3. The van der Waals surface area contributed by atoms with Crippen LogP contribution in [0, 0.1) is 6.92 Å². The van der Waals surface area contributed by atoms with Crippen molar-refractivity contribution in [3.8, 4) is 11.4 Å². The highest BCUT2D eigenvalue weighted by atomic mass is 19.4. The minimum Gasteiger partial charge on any atom is -0.477 e. The first-order chi connectivity index (χ1) is 16.3. The van der Waals surface area contributed by atoms with Gasteiger partial charge in [0.1, 0.15) is 5.56 Å². The Morgan fingerprint density at radius 2 is 1.86 bits per heavy atom. The number of rotatable bonds is 4. The summed E-state index contributed by atoms with van der Waals surface area (Å²) >= 11 is 0. The molecule has 184 valence electrons. The van der Waals surface area contributed by atoms with Crippen LogP contribution >= 0.6 is 0 Å². The van der Waals surface area contributed by atoms with E-state index in [9.17, 15) is 37.8 Å². The van der Waals surface area contributed by atoms with E-state index in [-0.39, 0.29) is 22.6 Å². The molecular formula is C23H20F3N3O6. The Morgan fingerprint density at radius 3 is 2.49 bits per heavy atom. The molecule has 35 heavy (non-hydrogen) atoms. The van der Waals surface area contributed by atoms with Crippen LogP contribution in [0.2, 0.25) is 0 Å². The lowest BCUT2D eigenvalue weighted by Gasteiger charge is -2.21. The lowest BCUT2D eigenvalue weighted by Crippen LogP contribution is -2.43. The van der Waals surface area contributed by atoms with Gasteiger partial charge in [0.15, 0.2) is 5.75 Å². The largest absolute Gasteiger partial charge is 0.477 e. The monoisotopic (exact) mass is 491 g/mol. The van der Waals surface area contributed by atoms with Gasteiger partial charge in [-0.05, 0) is 43.2 Å². The van der Waals surface area contributed by atoms with Gasteiger partial charge in [0.05, 0.1) is 23.0 Å². The molecule has 2 N–H and O–H groups in total. The summed E-state index contributed by atoms with van der Waals surface area (Å²) in [5, 5.41) is 19.5. The van der Waals surface area contributed by atoms with Crippen molar-refractivity contribution in [3.63, 3.8) is 0 Å². The van der Waals surface area contributed by atoms with E-state index < -0.39 is 47.0 Å². The number of aromatic carboxylic acids is 1. The molecule has 0 saturated carbocycles. The van der Waals surface area contributed by atoms with Crippen molar-refractivity contribution in [2.24, 2.45) is 0 Å². The van der Waals surface area contributed by atoms with Gasteiger partial charge in [-0.25, -0.2) is 9.59 Å². The quantitative estimate of drug-likeness (QED) is 0.577. The van der Waals surface area contributed by atoms with E-state index in [0.29, 0.717) is 10.3 Å². The molecule has 12 heteroatoms. The minimum absolute atomic E-state index is 0.0372. The van der Waals surface area contributed by atoms with Gasteiger partial charge in [-0.3, -0.25) is 13.9 Å². The van der Waals surface area contributed by atoms with Crippen LogP contribution in [-0.2, 0) is 6.18 Å². The third-order valence-corrected chi connectivity index (χ3v) is 6.03. The van der Waals surface area contributed by atoms with E-state index in [2.05, 4.69) is 0 Å². The maximum atomic E-state index is 13.4. The third-order valence-electron chi connectivity index (χ3n) is 6.03. The van der Waals surface area contributed by atoms with Crippen LogP contribution in [0.1, 0.15) is 40.0 Å². The van der Waals surface area contributed by atoms with Crippen LogP contribution in [0.4, 0.5) is 18.9 Å². The Hall–Kier alpha value is -4.06. The highest BCUT2D eigenvalue weighted by molar-refractivity contribution is 5.86. The van der Waals surface area contributed by atoms with Crippen LogP contribution in [0.5, 0.6) is 5.75 Å². The molecule has 2 unspecified atom stereocenters. The maximum absolute atomic E-state index is 13.4. The zero-order chi connectivity index (χ0) is 25.8. The molecule has 0 amide bonds. The van der Waals surface area contributed by atoms with Gasteiger partial charge >= 0.3 is 17.8 Å². The van der Waals surface area contributed by atoms with E-state index in [4.69, 9.17) is 4.74 Å². The molecule has 0 saturated heterocycles. The number of anilines is 1. The second-order valence-corrected chi connectivity index (χ2v) is 8.08. The minimum atomic E-state index is -4.66. The highest BCUT2D eigenvalue weighted by Crippen LogP contribution is 2.37. The molecule has 0 aliphatic carbocycles. The van der Waals surface area contributed by atoms with Gasteiger partial charge < -0.3 is 19.8 Å². The van der Waals surface area contributed by atoms with Gasteiger partial charge in [-0.15, -0.1) is 0 Å². The summed E-state index contributed by atoms with van der Waals surface area (Å²) in [6, 6.07) is 6.54. The van der Waals surface area contributed by atoms with Crippen molar-refractivity contribution in [1.82, 2.24) is 9.13 Å². The van der Waals surface area contributed by atoms with Crippen LogP contribution in [-0.4, -0.2) is 38.8 Å². The van der Waals surface area contributed by atoms with Crippen molar-refractivity contribution < 1.29 is 32.9 Å². The lowest BCUT2D eigenvalue weighted by molar-refractivity contribution is -0.138. The number of nitrogens with zero attached hydrogens (tertiary/aromatic N) is 3. The number of carboxylic acids is 1. The molecular weight excluding hydrogens is 471 g/mol. The summed E-state index contributed by atoms with van der Waals surface area (Å²) in [5.41, 5.74) is -3.31. The topological polar surface area (TPSA) is 114 Å². The molecule has 1 aliphatic heterocycles. The molecule has 2 aromatic carbocycles. The predicted octanol–water partition coefficient (Wildman–Crippen LogP) is 2.74. The average Bonchev–Trinajstić information content (AvgIpc) is 3.05. The van der Waals surface area contributed by atoms with Gasteiger partial charge in [-0.2, -0.15) is 13.2 Å². The summed E-state index contributed by atoms with van der Waals surface area (Å²) in [6.07, 6.45) is -5.06. The molecule has 2 atom stereocenters. The number of fused-ring (bicyclic) bond motifs is 1. The first-order valence-electron chi connectivity index (χ1n) is 10.3. The summed E-state index contributed by atoms with van der Waals surface area (Å²) in [4.78, 5) is 39.6. The summed E-state index contributed by atoms with van der Waals surface area (Å²) in [7, 11) is 1.57. The Labute approximate surface area is 195 Å². The van der Waals surface area contributed by atoms with Crippen molar-refractivity contribution in [2.45, 2.75) is 32.5 Å². The molecule has 2 heterocycles. The molecule has 9 nitrogen and oxygen atoms in total. The Kier molecular flexibility index (Phi) is 5.71. The van der Waals surface area contributed by atoms with E-state index in [0.717, 1.165) is 22.9 Å². The van der Waals surface area contributed by atoms with Crippen LogP contribution in [0.25, 0.3) is 5.69 Å². The number of halogens is 3. The van der Waals surface area contributed by atoms with Crippen LogP contribution < -0.4 is 20.9 Å². The highest BCUT2D eigenvalue weighted by Gasteiger charge is 2.34. The number of aromatic nitrogens is 2. The fraction of sp³-hybridized carbons (Fsp3) is 0.261. The molecule has 0 radical (unpaired) electrons. The second-order valence-electron chi connectivity index (χ2n) is 8.08. The first kappa shape index (κ1) is 24.1. The molecule has 0 fully saturated rings. The number of ether oxygens (including phenoxy) is 1. The maximum Gasteiger partial charge on any atom is 0.416 e. The van der Waals surface area contributed by atoms with Gasteiger partial charge in [-0.1, -0.05) is 12.1 Å². The lowest BCUT2D eigenvalue weighted by atomic mass is 9.97. The number of alkyl halides is 3. The third kappa shape index (κ3) is 3.95. The smallest absolute Gasteiger partial charge is 0.416 e. The van der Waals surface area contributed by atoms with E-state index in [1.54, 1.807) is 7.05 Å². The van der Waals surface area contributed by atoms with Crippen molar-refractivity contribution in [1.29, 1.82) is 0 Å². The van der Waals surface area contributed by atoms with Crippen LogP contribution in [0.15, 0.2) is 52.2 Å². The van der Waals surface area contributed by atoms with Crippen molar-refractivity contribution in [3.05, 3.63) is 85.7 Å². The molecule has 3 aromatic rings. The number of aliphatic hydroxyl groups is 1. The number of hydrogen-bond donors (Lipinski definition) is 2. The molecule has 1 aliphatic rings. The Balaban J connectivity index is 1.94. The zero-order valence-electron chi connectivity index (χ0n) is 18.7. The number of hydrogen-bond acceptors (Lipinski definition) is 6. The van der Waals surface area contributed by atoms with Gasteiger partial charge in [0, 0.05) is 19.3 Å². The molecule has 0 spiro atoms. The predicted molar refractivity (Wildman–Crippen MR) is 118 cm³/mol. The average molecular weight is 491 g/mol. The summed E-state index contributed by atoms with van der Waals surface area (Å²) < 4.78 is 47.1. The van der Waals surface area contributed by atoms with E-state index in [1.807, 2.05) is 0 Å². The second kappa shape index (κ2) is 8.31. The molecule has 4 rings (SSSR count).